The van der Waals surface area contributed by atoms with Crippen LogP contribution in [0, 0.1) is 0 Å². The molecule has 1 aromatic heterocycles. The molecule has 0 fully saturated rings. The molecule has 0 spiro atoms. The molecule has 0 unspecified atom stereocenters. The van der Waals surface area contributed by atoms with E-state index in [1.807, 2.05) is 12.3 Å². The number of pyridine rings is 1. The highest BCUT2D eigenvalue weighted by molar-refractivity contribution is 5.37. The molecule has 1 aromatic rings. The maximum atomic E-state index is 9.57. The quantitative estimate of drug-likeness (QED) is 0.826. The van der Waals surface area contributed by atoms with E-state index in [-0.39, 0.29) is 5.41 Å². The van der Waals surface area contributed by atoms with E-state index in [9.17, 15) is 5.11 Å². The van der Waals surface area contributed by atoms with Gasteiger partial charge < -0.3 is 10.4 Å². The zero-order valence-corrected chi connectivity index (χ0v) is 10.8. The lowest BCUT2D eigenvalue weighted by Gasteiger charge is -2.20. The Bertz CT molecular complexity index is 330. The van der Waals surface area contributed by atoms with Crippen molar-refractivity contribution < 1.29 is 5.11 Å². The summed E-state index contributed by atoms with van der Waals surface area (Å²) in [6.45, 7) is 10.5. The summed E-state index contributed by atoms with van der Waals surface area (Å²) in [6, 6.07) is 4.02. The topological polar surface area (TPSA) is 45.1 Å². The van der Waals surface area contributed by atoms with Crippen LogP contribution in [0.25, 0.3) is 0 Å². The summed E-state index contributed by atoms with van der Waals surface area (Å²) in [5.41, 5.74) is 0.618. The highest BCUT2D eigenvalue weighted by atomic mass is 16.3. The summed E-state index contributed by atoms with van der Waals surface area (Å²) in [5, 5.41) is 12.7. The van der Waals surface area contributed by atoms with Crippen molar-refractivity contribution >= 4 is 5.82 Å². The van der Waals surface area contributed by atoms with Crippen molar-refractivity contribution in [2.75, 3.05) is 11.9 Å². The van der Waals surface area contributed by atoms with E-state index < -0.39 is 5.60 Å². The Hall–Kier alpha value is -1.09. The molecular weight excluding hydrogens is 200 g/mol. The van der Waals surface area contributed by atoms with Crippen LogP contribution < -0.4 is 5.32 Å². The number of anilines is 1. The zero-order chi connectivity index (χ0) is 12.4. The number of aliphatic hydroxyl groups is 1. The molecule has 3 nitrogen and oxygen atoms in total. The minimum atomic E-state index is -0.718. The molecule has 0 saturated heterocycles. The molecule has 2 N–H and O–H groups in total. The Kier molecular flexibility index (Phi) is 3.58. The summed E-state index contributed by atoms with van der Waals surface area (Å²) in [7, 11) is 0. The molecule has 0 aliphatic carbocycles. The van der Waals surface area contributed by atoms with E-state index in [2.05, 4.69) is 37.1 Å². The predicted molar refractivity (Wildman–Crippen MR) is 67.7 cm³/mol. The van der Waals surface area contributed by atoms with Gasteiger partial charge in [-0.3, -0.25) is 0 Å². The van der Waals surface area contributed by atoms with Crippen molar-refractivity contribution in [3.63, 3.8) is 0 Å². The van der Waals surface area contributed by atoms with Gasteiger partial charge in [0.2, 0.25) is 0 Å². The lowest BCUT2D eigenvalue weighted by atomic mass is 9.88. The van der Waals surface area contributed by atoms with Gasteiger partial charge >= 0.3 is 0 Å². The third kappa shape index (κ3) is 4.19. The van der Waals surface area contributed by atoms with Crippen LogP contribution in [-0.2, 0) is 5.41 Å². The van der Waals surface area contributed by atoms with Gasteiger partial charge in [-0.2, -0.15) is 0 Å². The molecule has 0 saturated carbocycles. The standard InChI is InChI=1S/C13H22N2O/c1-12(2,3)10-6-7-11(14-8-10)15-9-13(4,5)16/h6-8,16H,9H2,1-5H3,(H,14,15). The average Bonchev–Trinajstić information content (AvgIpc) is 2.13. The van der Waals surface area contributed by atoms with Crippen molar-refractivity contribution in [1.82, 2.24) is 4.98 Å². The fourth-order valence-corrected chi connectivity index (χ4v) is 1.25. The summed E-state index contributed by atoms with van der Waals surface area (Å²) < 4.78 is 0. The van der Waals surface area contributed by atoms with Gasteiger partial charge in [-0.05, 0) is 30.9 Å². The third-order valence-electron chi connectivity index (χ3n) is 2.33. The van der Waals surface area contributed by atoms with Crippen LogP contribution >= 0.6 is 0 Å². The highest BCUT2D eigenvalue weighted by Gasteiger charge is 2.15. The van der Waals surface area contributed by atoms with Gasteiger partial charge in [0.05, 0.1) is 5.60 Å². The van der Waals surface area contributed by atoms with E-state index in [0.29, 0.717) is 6.54 Å². The number of hydrogen-bond acceptors (Lipinski definition) is 3. The van der Waals surface area contributed by atoms with E-state index >= 15 is 0 Å². The fraction of sp³-hybridized carbons (Fsp3) is 0.615. The van der Waals surface area contributed by atoms with Crippen LogP contribution in [-0.4, -0.2) is 22.2 Å². The average molecular weight is 222 g/mol. The first-order chi connectivity index (χ1) is 7.18. The predicted octanol–water partition coefficient (Wildman–Crippen LogP) is 2.56. The van der Waals surface area contributed by atoms with Crippen molar-refractivity contribution in [1.29, 1.82) is 0 Å². The number of nitrogens with zero attached hydrogens (tertiary/aromatic N) is 1. The zero-order valence-electron chi connectivity index (χ0n) is 10.8. The van der Waals surface area contributed by atoms with Crippen molar-refractivity contribution in [3.05, 3.63) is 23.9 Å². The van der Waals surface area contributed by atoms with Crippen LogP contribution in [0.4, 0.5) is 5.82 Å². The van der Waals surface area contributed by atoms with Gasteiger partial charge in [0.15, 0.2) is 0 Å². The molecule has 1 heterocycles. The monoisotopic (exact) mass is 222 g/mol. The van der Waals surface area contributed by atoms with Gasteiger partial charge in [0.1, 0.15) is 5.82 Å². The largest absolute Gasteiger partial charge is 0.389 e. The Morgan fingerprint density at radius 2 is 1.81 bits per heavy atom. The Balaban J connectivity index is 2.66. The first-order valence-electron chi connectivity index (χ1n) is 5.61. The Morgan fingerprint density at radius 1 is 1.19 bits per heavy atom. The SMILES string of the molecule is CC(C)(O)CNc1ccc(C(C)(C)C)cn1. The molecule has 16 heavy (non-hydrogen) atoms. The van der Waals surface area contributed by atoms with Crippen molar-refractivity contribution in [3.8, 4) is 0 Å². The van der Waals surface area contributed by atoms with Gasteiger partial charge in [-0.1, -0.05) is 26.8 Å². The lowest BCUT2D eigenvalue weighted by Crippen LogP contribution is -2.29. The Morgan fingerprint density at radius 3 is 2.19 bits per heavy atom. The summed E-state index contributed by atoms with van der Waals surface area (Å²) >= 11 is 0. The number of rotatable bonds is 3. The summed E-state index contributed by atoms with van der Waals surface area (Å²) in [5.74, 6) is 0.801. The summed E-state index contributed by atoms with van der Waals surface area (Å²) in [4.78, 5) is 4.33. The normalized spacial score (nSPS) is 12.6. The minimum Gasteiger partial charge on any atom is -0.389 e. The van der Waals surface area contributed by atoms with Crippen LogP contribution in [0.1, 0.15) is 40.2 Å². The minimum absolute atomic E-state index is 0.127. The van der Waals surface area contributed by atoms with E-state index in [1.165, 1.54) is 5.56 Å². The molecular formula is C13H22N2O. The van der Waals surface area contributed by atoms with Gasteiger partial charge in [-0.15, -0.1) is 0 Å². The number of hydrogen-bond donors (Lipinski definition) is 2. The van der Waals surface area contributed by atoms with Crippen molar-refractivity contribution in [2.24, 2.45) is 0 Å². The smallest absolute Gasteiger partial charge is 0.125 e. The van der Waals surface area contributed by atoms with E-state index in [1.54, 1.807) is 13.8 Å². The van der Waals surface area contributed by atoms with Crippen molar-refractivity contribution in [2.45, 2.75) is 45.6 Å². The second-order valence-corrected chi connectivity index (χ2v) is 5.85. The fourth-order valence-electron chi connectivity index (χ4n) is 1.25. The maximum absolute atomic E-state index is 9.57. The number of aromatic nitrogens is 1. The van der Waals surface area contributed by atoms with E-state index in [0.717, 1.165) is 5.82 Å². The molecule has 3 heteroatoms. The van der Waals surface area contributed by atoms with Crippen LogP contribution in [0.5, 0.6) is 0 Å². The van der Waals surface area contributed by atoms with Gasteiger partial charge in [-0.25, -0.2) is 4.98 Å². The second-order valence-electron chi connectivity index (χ2n) is 5.85. The van der Waals surface area contributed by atoms with Crippen LogP contribution in [0.3, 0.4) is 0 Å². The molecule has 0 aliphatic heterocycles. The molecule has 0 aliphatic rings. The van der Waals surface area contributed by atoms with Crippen LogP contribution in [0.15, 0.2) is 18.3 Å². The molecule has 0 bridgehead atoms. The molecule has 0 amide bonds. The van der Waals surface area contributed by atoms with Gasteiger partial charge in [0.25, 0.3) is 0 Å². The molecule has 90 valence electrons. The maximum Gasteiger partial charge on any atom is 0.125 e. The van der Waals surface area contributed by atoms with Crippen LogP contribution in [0.2, 0.25) is 0 Å². The second kappa shape index (κ2) is 4.42. The van der Waals surface area contributed by atoms with Gasteiger partial charge in [0, 0.05) is 12.7 Å². The first kappa shape index (κ1) is 13.0. The molecule has 1 rings (SSSR count). The summed E-state index contributed by atoms with van der Waals surface area (Å²) in [6.07, 6.45) is 1.88. The first-order valence-corrected chi connectivity index (χ1v) is 5.61. The molecule has 0 aromatic carbocycles. The Labute approximate surface area is 97.9 Å². The third-order valence-corrected chi connectivity index (χ3v) is 2.33. The molecule has 0 atom stereocenters. The highest BCUT2D eigenvalue weighted by Crippen LogP contribution is 2.21. The number of nitrogens with one attached hydrogen (secondary N) is 1. The van der Waals surface area contributed by atoms with E-state index in [4.69, 9.17) is 0 Å². The lowest BCUT2D eigenvalue weighted by molar-refractivity contribution is 0.0944. The molecule has 0 radical (unpaired) electrons.